The fourth-order valence-corrected chi connectivity index (χ4v) is 2.04. The van der Waals surface area contributed by atoms with Gasteiger partial charge in [0.2, 0.25) is 15.8 Å². The lowest BCUT2D eigenvalue weighted by Gasteiger charge is -2.03. The van der Waals surface area contributed by atoms with Crippen molar-refractivity contribution in [2.24, 2.45) is 5.14 Å². The van der Waals surface area contributed by atoms with Gasteiger partial charge in [-0.3, -0.25) is 14.8 Å². The zero-order valence-electron chi connectivity index (χ0n) is 9.93. The van der Waals surface area contributed by atoms with Crippen LogP contribution in [0.3, 0.4) is 0 Å². The molecular formula is C10H9FN4O4S. The number of nitrogens with two attached hydrogens (primary N) is 1. The minimum atomic E-state index is -3.89. The summed E-state index contributed by atoms with van der Waals surface area (Å²) in [6.07, 6.45) is 2.14. The van der Waals surface area contributed by atoms with E-state index in [1.165, 1.54) is 12.1 Å². The van der Waals surface area contributed by atoms with Gasteiger partial charge < -0.3 is 0 Å². The van der Waals surface area contributed by atoms with E-state index in [2.05, 4.69) is 5.10 Å². The number of nitro benzene ring substituents is 1. The fourth-order valence-electron chi connectivity index (χ4n) is 1.58. The first kappa shape index (κ1) is 14.1. The van der Waals surface area contributed by atoms with E-state index in [0.717, 1.165) is 23.1 Å². The molecule has 10 heteroatoms. The molecule has 0 fully saturated rings. The topological polar surface area (TPSA) is 121 Å². The summed E-state index contributed by atoms with van der Waals surface area (Å²) in [6.45, 7) is -0.150. The van der Waals surface area contributed by atoms with Crippen LogP contribution in [0.1, 0.15) is 5.56 Å². The van der Waals surface area contributed by atoms with Crippen LogP contribution in [-0.2, 0) is 16.6 Å². The summed E-state index contributed by atoms with van der Waals surface area (Å²) in [6, 6.07) is 3.72. The van der Waals surface area contributed by atoms with Gasteiger partial charge in [0.1, 0.15) is 4.90 Å². The molecule has 0 aliphatic carbocycles. The first-order chi connectivity index (χ1) is 9.29. The van der Waals surface area contributed by atoms with Crippen LogP contribution in [0.4, 0.5) is 10.1 Å². The van der Waals surface area contributed by atoms with Gasteiger partial charge in [-0.05, 0) is 0 Å². The van der Waals surface area contributed by atoms with Gasteiger partial charge in [-0.25, -0.2) is 13.6 Å². The third-order valence-electron chi connectivity index (χ3n) is 2.53. The summed E-state index contributed by atoms with van der Waals surface area (Å²) < 4.78 is 37.1. The molecule has 8 nitrogen and oxygen atoms in total. The number of primary sulfonamides is 1. The molecular weight excluding hydrogens is 291 g/mol. The molecule has 0 radical (unpaired) electrons. The summed E-state index contributed by atoms with van der Waals surface area (Å²) in [5.74, 6) is -0.981. The van der Waals surface area contributed by atoms with Gasteiger partial charge in [-0.2, -0.15) is 9.49 Å². The smallest absolute Gasteiger partial charge is 0.267 e. The van der Waals surface area contributed by atoms with Crippen LogP contribution < -0.4 is 5.14 Å². The zero-order chi connectivity index (χ0) is 14.9. The van der Waals surface area contributed by atoms with E-state index < -0.39 is 26.5 Å². The largest absolute Gasteiger partial charge is 0.305 e. The average molecular weight is 300 g/mol. The van der Waals surface area contributed by atoms with Crippen LogP contribution in [0, 0.1) is 15.9 Å². The maximum absolute atomic E-state index is 13.8. The molecule has 0 atom stereocenters. The summed E-state index contributed by atoms with van der Waals surface area (Å²) in [5.41, 5.74) is -0.635. The van der Waals surface area contributed by atoms with Crippen molar-refractivity contribution in [3.05, 3.63) is 52.1 Å². The molecule has 106 valence electrons. The highest BCUT2D eigenvalue weighted by molar-refractivity contribution is 7.89. The van der Waals surface area contributed by atoms with Gasteiger partial charge >= 0.3 is 5.69 Å². The molecule has 2 aromatic rings. The number of hydrogen-bond donors (Lipinski definition) is 1. The van der Waals surface area contributed by atoms with Crippen LogP contribution in [0.5, 0.6) is 0 Å². The number of nitrogens with zero attached hydrogens (tertiary/aromatic N) is 3. The van der Waals surface area contributed by atoms with Gasteiger partial charge in [0.25, 0.3) is 0 Å². The maximum Gasteiger partial charge on any atom is 0.305 e. The Morgan fingerprint density at radius 3 is 2.70 bits per heavy atom. The van der Waals surface area contributed by atoms with Crippen molar-refractivity contribution in [1.82, 2.24) is 9.78 Å². The van der Waals surface area contributed by atoms with Crippen LogP contribution in [-0.4, -0.2) is 23.1 Å². The van der Waals surface area contributed by atoms with Crippen molar-refractivity contribution in [2.75, 3.05) is 0 Å². The number of halogens is 1. The maximum atomic E-state index is 13.8. The Hall–Kier alpha value is -2.33. The zero-order valence-corrected chi connectivity index (χ0v) is 10.7. The van der Waals surface area contributed by atoms with Gasteiger partial charge in [0.05, 0.1) is 17.7 Å². The number of nitro groups is 1. The molecule has 0 unspecified atom stereocenters. The van der Waals surface area contributed by atoms with Crippen molar-refractivity contribution in [1.29, 1.82) is 0 Å². The van der Waals surface area contributed by atoms with E-state index in [1.807, 2.05) is 0 Å². The van der Waals surface area contributed by atoms with E-state index in [4.69, 9.17) is 5.14 Å². The predicted octanol–water partition coefficient (Wildman–Crippen LogP) is 0.626. The molecule has 0 aliphatic rings. The molecule has 0 spiro atoms. The minimum Gasteiger partial charge on any atom is -0.267 e. The molecule has 0 bridgehead atoms. The first-order valence-corrected chi connectivity index (χ1v) is 6.80. The highest BCUT2D eigenvalue weighted by Crippen LogP contribution is 2.21. The molecule has 0 amide bonds. The van der Waals surface area contributed by atoms with E-state index in [9.17, 15) is 22.9 Å². The summed E-state index contributed by atoms with van der Waals surface area (Å²) in [7, 11) is -3.89. The molecule has 2 rings (SSSR count). The number of hydrogen-bond acceptors (Lipinski definition) is 5. The molecule has 20 heavy (non-hydrogen) atoms. The van der Waals surface area contributed by atoms with Crippen molar-refractivity contribution in [3.8, 4) is 0 Å². The lowest BCUT2D eigenvalue weighted by molar-refractivity contribution is -0.387. The summed E-state index contributed by atoms with van der Waals surface area (Å²) in [5, 5.41) is 19.2. The SMILES string of the molecule is NS(=O)(=O)c1cnn(Cc2cccc([N+](=O)[O-])c2F)c1. The highest BCUT2D eigenvalue weighted by Gasteiger charge is 2.18. The van der Waals surface area contributed by atoms with Crippen molar-refractivity contribution < 1.29 is 17.7 Å². The summed E-state index contributed by atoms with van der Waals surface area (Å²) >= 11 is 0. The Kier molecular flexibility index (Phi) is 3.51. The van der Waals surface area contributed by atoms with Crippen LogP contribution >= 0.6 is 0 Å². The highest BCUT2D eigenvalue weighted by atomic mass is 32.2. The van der Waals surface area contributed by atoms with E-state index in [-0.39, 0.29) is 17.0 Å². The van der Waals surface area contributed by atoms with Crippen LogP contribution in [0.25, 0.3) is 0 Å². The normalized spacial score (nSPS) is 11.5. The van der Waals surface area contributed by atoms with Crippen LogP contribution in [0.15, 0.2) is 35.5 Å². The third kappa shape index (κ3) is 2.81. The van der Waals surface area contributed by atoms with Gasteiger partial charge in [-0.15, -0.1) is 0 Å². The quantitative estimate of drug-likeness (QED) is 0.655. The molecule has 0 saturated carbocycles. The average Bonchev–Trinajstić information content (AvgIpc) is 2.80. The Labute approximate surface area is 112 Å². The van der Waals surface area contributed by atoms with Crippen LogP contribution in [0.2, 0.25) is 0 Å². The standard InChI is InChI=1S/C10H9FN4O4S/c11-10-7(2-1-3-9(10)15(16)17)5-14-6-8(4-13-14)20(12,18)19/h1-4,6H,5H2,(H2,12,18,19). The van der Waals surface area contributed by atoms with Gasteiger partial charge in [0.15, 0.2) is 0 Å². The van der Waals surface area contributed by atoms with Gasteiger partial charge in [-0.1, -0.05) is 12.1 Å². The second kappa shape index (κ2) is 4.98. The molecule has 0 aliphatic heterocycles. The lowest BCUT2D eigenvalue weighted by Crippen LogP contribution is -2.11. The molecule has 1 aromatic heterocycles. The van der Waals surface area contributed by atoms with E-state index in [1.54, 1.807) is 0 Å². The Morgan fingerprint density at radius 1 is 1.45 bits per heavy atom. The number of benzene rings is 1. The molecule has 1 heterocycles. The predicted molar refractivity (Wildman–Crippen MR) is 65.8 cm³/mol. The minimum absolute atomic E-state index is 0.0169. The second-order valence-electron chi connectivity index (χ2n) is 3.93. The van der Waals surface area contributed by atoms with E-state index >= 15 is 0 Å². The summed E-state index contributed by atoms with van der Waals surface area (Å²) in [4.78, 5) is 9.55. The van der Waals surface area contributed by atoms with E-state index in [0.29, 0.717) is 0 Å². The van der Waals surface area contributed by atoms with Gasteiger partial charge in [0, 0.05) is 17.8 Å². The number of rotatable bonds is 4. The van der Waals surface area contributed by atoms with Crippen molar-refractivity contribution >= 4 is 15.7 Å². The van der Waals surface area contributed by atoms with Crippen molar-refractivity contribution in [2.45, 2.75) is 11.4 Å². The monoisotopic (exact) mass is 300 g/mol. The molecule has 1 aromatic carbocycles. The third-order valence-corrected chi connectivity index (χ3v) is 3.39. The Balaban J connectivity index is 2.34. The molecule has 0 saturated heterocycles. The number of sulfonamides is 1. The number of aromatic nitrogens is 2. The fraction of sp³-hybridized carbons (Fsp3) is 0.100. The van der Waals surface area contributed by atoms with Crippen molar-refractivity contribution in [3.63, 3.8) is 0 Å². The Morgan fingerprint density at radius 2 is 2.15 bits per heavy atom. The lowest BCUT2D eigenvalue weighted by atomic mass is 10.2. The second-order valence-corrected chi connectivity index (χ2v) is 5.49. The first-order valence-electron chi connectivity index (χ1n) is 5.26. The Bertz CT molecular complexity index is 771. The molecule has 2 N–H and O–H groups in total.